The van der Waals surface area contributed by atoms with E-state index in [1.54, 1.807) is 24.6 Å². The zero-order chi connectivity index (χ0) is 18.9. The minimum atomic E-state index is -3.44. The highest BCUT2D eigenvalue weighted by atomic mass is 32.2. The van der Waals surface area contributed by atoms with Gasteiger partial charge in [0.05, 0.1) is 0 Å². The van der Waals surface area contributed by atoms with Crippen LogP contribution in [0.4, 0.5) is 0 Å². The molecule has 0 aliphatic carbocycles. The third-order valence-electron chi connectivity index (χ3n) is 5.47. The number of fused-ring (bicyclic) bond motifs is 4. The highest BCUT2D eigenvalue weighted by Crippen LogP contribution is 2.30. The van der Waals surface area contributed by atoms with Crippen LogP contribution >= 0.6 is 0 Å². The van der Waals surface area contributed by atoms with Crippen LogP contribution < -0.4 is 0 Å². The molecular weight excluding hydrogens is 354 g/mol. The van der Waals surface area contributed by atoms with Crippen LogP contribution in [0.3, 0.4) is 0 Å². The Labute approximate surface area is 156 Å². The summed E-state index contributed by atoms with van der Waals surface area (Å²) in [5.41, 5.74) is 0. The van der Waals surface area contributed by atoms with E-state index in [4.69, 9.17) is 0 Å². The van der Waals surface area contributed by atoms with Crippen LogP contribution in [0.25, 0.3) is 0 Å². The first-order valence-electron chi connectivity index (χ1n) is 9.30. The van der Waals surface area contributed by atoms with Crippen molar-refractivity contribution in [3.63, 3.8) is 0 Å². The zero-order valence-corrected chi connectivity index (χ0v) is 16.7. The molecular formula is C17H29N5O3S. The quantitative estimate of drug-likeness (QED) is 0.719. The minimum Gasteiger partial charge on any atom is -0.338 e. The van der Waals surface area contributed by atoms with Gasteiger partial charge in [-0.1, -0.05) is 6.92 Å². The SMILES string of the molecule is CCc1nccn1CCC(=O)N1CC2CCC1CN(S(=O)(=O)N(C)C)C2. The number of piperidine rings is 1. The highest BCUT2D eigenvalue weighted by molar-refractivity contribution is 7.86. The molecule has 0 spiro atoms. The predicted octanol–water partition coefficient (Wildman–Crippen LogP) is 0.565. The molecule has 146 valence electrons. The van der Waals surface area contributed by atoms with Crippen LogP contribution in [-0.2, 0) is 28.0 Å². The second-order valence-corrected chi connectivity index (χ2v) is 9.53. The van der Waals surface area contributed by atoms with Gasteiger partial charge in [-0.3, -0.25) is 4.79 Å². The maximum atomic E-state index is 12.8. The van der Waals surface area contributed by atoms with Crippen molar-refractivity contribution in [3.05, 3.63) is 18.2 Å². The summed E-state index contributed by atoms with van der Waals surface area (Å²) < 4.78 is 29.9. The van der Waals surface area contributed by atoms with Gasteiger partial charge in [-0.15, -0.1) is 0 Å². The molecule has 3 aliphatic heterocycles. The van der Waals surface area contributed by atoms with Crippen molar-refractivity contribution in [2.45, 2.75) is 45.2 Å². The van der Waals surface area contributed by atoms with Gasteiger partial charge in [-0.05, 0) is 18.8 Å². The standard InChI is InChI=1S/C17H29N5O3S/c1-4-16-18-8-10-20(16)9-7-17(23)22-12-14-5-6-15(22)13-21(11-14)26(24,25)19(2)3/h8,10,14-15H,4-7,9,11-13H2,1-3H3. The van der Waals surface area contributed by atoms with E-state index in [0.29, 0.717) is 32.6 Å². The maximum absolute atomic E-state index is 12.8. The zero-order valence-electron chi connectivity index (χ0n) is 15.8. The van der Waals surface area contributed by atoms with Gasteiger partial charge in [0, 0.05) is 71.6 Å². The molecule has 3 aliphatic rings. The Morgan fingerprint density at radius 1 is 1.27 bits per heavy atom. The van der Waals surface area contributed by atoms with E-state index < -0.39 is 10.2 Å². The van der Waals surface area contributed by atoms with E-state index in [1.165, 1.54) is 4.31 Å². The Balaban J connectivity index is 1.67. The summed E-state index contributed by atoms with van der Waals surface area (Å²) in [5.74, 6) is 1.31. The number of hydrogen-bond donors (Lipinski definition) is 0. The van der Waals surface area contributed by atoms with E-state index in [0.717, 1.165) is 25.1 Å². The number of carbonyl (C=O) groups is 1. The summed E-state index contributed by atoms with van der Waals surface area (Å²) in [4.78, 5) is 19.0. The van der Waals surface area contributed by atoms with E-state index in [2.05, 4.69) is 4.98 Å². The molecule has 4 heterocycles. The normalized spacial score (nSPS) is 24.2. The number of rotatable bonds is 6. The lowest BCUT2D eigenvalue weighted by molar-refractivity contribution is -0.135. The van der Waals surface area contributed by atoms with Crippen molar-refractivity contribution in [1.29, 1.82) is 0 Å². The number of imidazole rings is 1. The Morgan fingerprint density at radius 2 is 2.04 bits per heavy atom. The molecule has 8 nitrogen and oxygen atoms in total. The molecule has 0 aromatic carbocycles. The second-order valence-electron chi connectivity index (χ2n) is 7.39. The monoisotopic (exact) mass is 383 g/mol. The van der Waals surface area contributed by atoms with Crippen LogP contribution in [-0.4, -0.2) is 77.2 Å². The number of hydrogen-bond acceptors (Lipinski definition) is 4. The fourth-order valence-electron chi connectivity index (χ4n) is 3.98. The van der Waals surface area contributed by atoms with Gasteiger partial charge >= 0.3 is 0 Å². The summed E-state index contributed by atoms with van der Waals surface area (Å²) >= 11 is 0. The average Bonchev–Trinajstić information content (AvgIpc) is 2.86. The van der Waals surface area contributed by atoms with Gasteiger partial charge in [-0.2, -0.15) is 17.0 Å². The van der Waals surface area contributed by atoms with E-state index in [9.17, 15) is 13.2 Å². The molecule has 1 aromatic heterocycles. The molecule has 3 saturated heterocycles. The molecule has 9 heteroatoms. The number of amides is 1. The van der Waals surface area contributed by atoms with Gasteiger partial charge in [0.2, 0.25) is 5.91 Å². The molecule has 2 unspecified atom stereocenters. The predicted molar refractivity (Wildman–Crippen MR) is 98.6 cm³/mol. The average molecular weight is 384 g/mol. The summed E-state index contributed by atoms with van der Waals surface area (Å²) in [6, 6.07) is -0.0237. The highest BCUT2D eigenvalue weighted by Gasteiger charge is 2.41. The topological polar surface area (TPSA) is 78.8 Å². The lowest BCUT2D eigenvalue weighted by atomic mass is 9.95. The van der Waals surface area contributed by atoms with Gasteiger partial charge < -0.3 is 9.47 Å². The molecule has 2 bridgehead atoms. The third kappa shape index (κ3) is 3.79. The smallest absolute Gasteiger partial charge is 0.281 e. The summed E-state index contributed by atoms with van der Waals surface area (Å²) in [7, 11) is -0.325. The fraction of sp³-hybridized carbons (Fsp3) is 0.765. The fourth-order valence-corrected chi connectivity index (χ4v) is 5.20. The summed E-state index contributed by atoms with van der Waals surface area (Å²) in [6.07, 6.45) is 6.80. The Hall–Kier alpha value is -1.45. The van der Waals surface area contributed by atoms with Crippen molar-refractivity contribution in [3.8, 4) is 0 Å². The number of carbonyl (C=O) groups excluding carboxylic acids is 1. The van der Waals surface area contributed by atoms with Crippen LogP contribution in [0.5, 0.6) is 0 Å². The summed E-state index contributed by atoms with van der Waals surface area (Å²) in [5, 5.41) is 0. The third-order valence-corrected chi connectivity index (χ3v) is 7.35. The van der Waals surface area contributed by atoms with Crippen molar-refractivity contribution < 1.29 is 13.2 Å². The van der Waals surface area contributed by atoms with Gasteiger partial charge in [0.1, 0.15) is 5.82 Å². The molecule has 1 aromatic rings. The van der Waals surface area contributed by atoms with Crippen LogP contribution in [0.2, 0.25) is 0 Å². The minimum absolute atomic E-state index is 0.0237. The molecule has 0 saturated carbocycles. The Bertz CT molecular complexity index is 745. The van der Waals surface area contributed by atoms with Crippen LogP contribution in [0, 0.1) is 5.92 Å². The van der Waals surface area contributed by atoms with E-state index in [-0.39, 0.29) is 17.9 Å². The molecule has 2 atom stereocenters. The van der Waals surface area contributed by atoms with Gasteiger partial charge in [0.25, 0.3) is 10.2 Å². The molecule has 3 fully saturated rings. The second kappa shape index (κ2) is 7.66. The lowest BCUT2D eigenvalue weighted by Crippen LogP contribution is -2.48. The first-order chi connectivity index (χ1) is 12.3. The summed E-state index contributed by atoms with van der Waals surface area (Å²) in [6.45, 7) is 4.23. The maximum Gasteiger partial charge on any atom is 0.281 e. The largest absolute Gasteiger partial charge is 0.338 e. The Kier molecular flexibility index (Phi) is 5.69. The van der Waals surface area contributed by atoms with Crippen LogP contribution in [0.1, 0.15) is 32.0 Å². The number of nitrogens with zero attached hydrogens (tertiary/aromatic N) is 5. The van der Waals surface area contributed by atoms with Crippen molar-refractivity contribution in [2.75, 3.05) is 33.7 Å². The molecule has 0 N–H and O–H groups in total. The Morgan fingerprint density at radius 3 is 2.73 bits per heavy atom. The van der Waals surface area contributed by atoms with Crippen molar-refractivity contribution in [1.82, 2.24) is 23.1 Å². The van der Waals surface area contributed by atoms with E-state index in [1.807, 2.05) is 22.6 Å². The van der Waals surface area contributed by atoms with Crippen LogP contribution in [0.15, 0.2) is 12.4 Å². The van der Waals surface area contributed by atoms with Gasteiger partial charge in [0.15, 0.2) is 0 Å². The van der Waals surface area contributed by atoms with E-state index >= 15 is 0 Å². The molecule has 0 radical (unpaired) electrons. The van der Waals surface area contributed by atoms with Gasteiger partial charge in [-0.25, -0.2) is 4.98 Å². The molecule has 26 heavy (non-hydrogen) atoms. The number of aryl methyl sites for hydroxylation is 2. The molecule has 1 amide bonds. The first kappa shape index (κ1) is 19.3. The lowest BCUT2D eigenvalue weighted by Gasteiger charge is -2.36. The number of aromatic nitrogens is 2. The first-order valence-corrected chi connectivity index (χ1v) is 10.7. The van der Waals surface area contributed by atoms with Crippen molar-refractivity contribution >= 4 is 16.1 Å². The van der Waals surface area contributed by atoms with Crippen molar-refractivity contribution in [2.24, 2.45) is 5.92 Å². The molecule has 4 rings (SSSR count).